The molecule has 0 saturated carbocycles. The van der Waals surface area contributed by atoms with Gasteiger partial charge in [-0.1, -0.05) is 24.3 Å². The maximum Gasteiger partial charge on any atom is 0.318 e. The number of hydrogen-bond acceptors (Lipinski definition) is 4. The summed E-state index contributed by atoms with van der Waals surface area (Å²) in [5.74, 6) is 2.70. The van der Waals surface area contributed by atoms with Gasteiger partial charge in [-0.25, -0.2) is 4.79 Å². The van der Waals surface area contributed by atoms with Crippen molar-refractivity contribution >= 4 is 17.8 Å². The highest BCUT2D eigenvalue weighted by Crippen LogP contribution is 2.29. The molecule has 5 nitrogen and oxygen atoms in total. The summed E-state index contributed by atoms with van der Waals surface area (Å²) in [7, 11) is 1.64. The lowest BCUT2D eigenvalue weighted by molar-refractivity contribution is 0.200. The lowest BCUT2D eigenvalue weighted by atomic mass is 10.0. The smallest absolute Gasteiger partial charge is 0.318 e. The van der Waals surface area contributed by atoms with Crippen molar-refractivity contribution in [1.29, 1.82) is 0 Å². The summed E-state index contributed by atoms with van der Waals surface area (Å²) in [6, 6.07) is 13.0. The van der Waals surface area contributed by atoms with Crippen molar-refractivity contribution in [3.63, 3.8) is 0 Å². The Morgan fingerprint density at radius 1 is 1.21 bits per heavy atom. The lowest BCUT2D eigenvalue weighted by Crippen LogP contribution is -2.45. The number of carbonyl (C=O) groups excluding carboxylic acids is 1. The molecule has 0 aliphatic carbocycles. The van der Waals surface area contributed by atoms with Gasteiger partial charge >= 0.3 is 6.03 Å². The largest absolute Gasteiger partial charge is 0.496 e. The number of ether oxygens (including phenoxy) is 1. The van der Waals surface area contributed by atoms with E-state index in [4.69, 9.17) is 4.74 Å². The number of hydrogen-bond donors (Lipinski definition) is 1. The van der Waals surface area contributed by atoms with Gasteiger partial charge in [0.15, 0.2) is 0 Å². The minimum absolute atomic E-state index is 0.0585. The molecule has 24 heavy (non-hydrogen) atoms. The van der Waals surface area contributed by atoms with E-state index in [0.29, 0.717) is 0 Å². The van der Waals surface area contributed by atoms with Gasteiger partial charge in [0.2, 0.25) is 0 Å². The molecule has 3 rings (SSSR count). The number of amides is 2. The molecule has 1 atom stereocenters. The van der Waals surface area contributed by atoms with Gasteiger partial charge in [-0.15, -0.1) is 0 Å². The van der Waals surface area contributed by atoms with E-state index >= 15 is 0 Å². The predicted molar refractivity (Wildman–Crippen MR) is 96.5 cm³/mol. The van der Waals surface area contributed by atoms with Crippen LogP contribution in [-0.4, -0.2) is 47.6 Å². The van der Waals surface area contributed by atoms with Crippen molar-refractivity contribution in [2.24, 2.45) is 0 Å². The highest BCUT2D eigenvalue weighted by atomic mass is 32.2. The Morgan fingerprint density at radius 2 is 1.96 bits per heavy atom. The minimum atomic E-state index is -0.343. The molecule has 1 N–H and O–H groups in total. The molecule has 1 aliphatic heterocycles. The fraction of sp³-hybridized carbons (Fsp3) is 0.333. The highest BCUT2D eigenvalue weighted by Gasteiger charge is 2.24. The standard InChI is InChI=1S/C18H21N3O2S/c1-23-16-8-3-2-6-14(16)17(15-7-4-5-9-19-15)20-18(22)21-10-12-24-13-11-21/h2-9,17H,10-13H2,1H3,(H,20,22). The third-order valence-electron chi connectivity index (χ3n) is 4.00. The number of methoxy groups -OCH3 is 1. The number of thioether (sulfide) groups is 1. The van der Waals surface area contributed by atoms with Crippen LogP contribution < -0.4 is 10.1 Å². The van der Waals surface area contributed by atoms with E-state index in [1.807, 2.05) is 59.1 Å². The van der Waals surface area contributed by atoms with Crippen molar-refractivity contribution in [2.75, 3.05) is 31.7 Å². The molecule has 1 aromatic heterocycles. The number of benzene rings is 1. The molecule has 0 radical (unpaired) electrons. The number of rotatable bonds is 4. The van der Waals surface area contributed by atoms with Crippen LogP contribution in [0.2, 0.25) is 0 Å². The van der Waals surface area contributed by atoms with Crippen LogP contribution >= 0.6 is 11.8 Å². The van der Waals surface area contributed by atoms with Crippen LogP contribution in [0.25, 0.3) is 0 Å². The Labute approximate surface area is 146 Å². The van der Waals surface area contributed by atoms with Gasteiger partial charge in [-0.2, -0.15) is 11.8 Å². The monoisotopic (exact) mass is 343 g/mol. The Morgan fingerprint density at radius 3 is 2.67 bits per heavy atom. The second kappa shape index (κ2) is 8.06. The minimum Gasteiger partial charge on any atom is -0.496 e. The molecule has 2 aromatic rings. The second-order valence-corrected chi connectivity index (χ2v) is 6.70. The number of para-hydroxylation sites is 1. The summed E-state index contributed by atoms with van der Waals surface area (Å²) < 4.78 is 5.48. The van der Waals surface area contributed by atoms with E-state index in [2.05, 4.69) is 10.3 Å². The lowest BCUT2D eigenvalue weighted by Gasteiger charge is -2.29. The average molecular weight is 343 g/mol. The van der Waals surface area contributed by atoms with Crippen LogP contribution in [0.4, 0.5) is 4.79 Å². The first-order chi connectivity index (χ1) is 11.8. The maximum atomic E-state index is 12.7. The molecule has 2 amide bonds. The van der Waals surface area contributed by atoms with Gasteiger partial charge in [-0.05, 0) is 18.2 Å². The topological polar surface area (TPSA) is 54.5 Å². The predicted octanol–water partition coefficient (Wildman–Crippen LogP) is 2.94. The fourth-order valence-electron chi connectivity index (χ4n) is 2.74. The van der Waals surface area contributed by atoms with Crippen molar-refractivity contribution in [3.05, 3.63) is 59.9 Å². The van der Waals surface area contributed by atoms with Crippen LogP contribution in [0, 0.1) is 0 Å². The van der Waals surface area contributed by atoms with Crippen LogP contribution in [0.3, 0.4) is 0 Å². The molecule has 1 saturated heterocycles. The van der Waals surface area contributed by atoms with Gasteiger partial charge in [0.1, 0.15) is 11.8 Å². The Bertz CT molecular complexity index is 675. The summed E-state index contributed by atoms with van der Waals surface area (Å²) in [5.41, 5.74) is 1.69. The summed E-state index contributed by atoms with van der Waals surface area (Å²) in [6.07, 6.45) is 1.74. The summed E-state index contributed by atoms with van der Waals surface area (Å²) in [4.78, 5) is 19.0. The molecule has 1 aromatic carbocycles. The van der Waals surface area contributed by atoms with Crippen molar-refractivity contribution in [3.8, 4) is 5.75 Å². The fourth-order valence-corrected chi connectivity index (χ4v) is 3.65. The van der Waals surface area contributed by atoms with Gasteiger partial charge in [0, 0.05) is 36.4 Å². The average Bonchev–Trinajstić information content (AvgIpc) is 2.67. The number of urea groups is 1. The normalized spacial score (nSPS) is 15.6. The van der Waals surface area contributed by atoms with Gasteiger partial charge in [0.25, 0.3) is 0 Å². The molecule has 1 unspecified atom stereocenters. The number of nitrogens with one attached hydrogen (secondary N) is 1. The zero-order chi connectivity index (χ0) is 16.8. The zero-order valence-electron chi connectivity index (χ0n) is 13.6. The van der Waals surface area contributed by atoms with Crippen LogP contribution in [0.1, 0.15) is 17.3 Å². The van der Waals surface area contributed by atoms with Gasteiger partial charge < -0.3 is 15.0 Å². The molecule has 126 valence electrons. The summed E-state index contributed by atoms with van der Waals surface area (Å²) in [5, 5.41) is 3.13. The van der Waals surface area contributed by atoms with Crippen LogP contribution in [0.5, 0.6) is 5.75 Å². The summed E-state index contributed by atoms with van der Waals surface area (Å²) >= 11 is 1.88. The quantitative estimate of drug-likeness (QED) is 0.927. The third kappa shape index (κ3) is 3.82. The summed E-state index contributed by atoms with van der Waals surface area (Å²) in [6.45, 7) is 1.55. The Kier molecular flexibility index (Phi) is 5.59. The van der Waals surface area contributed by atoms with E-state index in [9.17, 15) is 4.79 Å². The first kappa shape index (κ1) is 16.6. The molecule has 1 aliphatic rings. The molecular weight excluding hydrogens is 322 g/mol. The van der Waals surface area contributed by atoms with Crippen LogP contribution in [0.15, 0.2) is 48.7 Å². The molecule has 1 fully saturated rings. The van der Waals surface area contributed by atoms with Crippen molar-refractivity contribution < 1.29 is 9.53 Å². The number of pyridine rings is 1. The zero-order valence-corrected chi connectivity index (χ0v) is 14.5. The molecule has 6 heteroatoms. The van der Waals surface area contributed by atoms with Crippen molar-refractivity contribution in [2.45, 2.75) is 6.04 Å². The molecule has 0 spiro atoms. The highest BCUT2D eigenvalue weighted by molar-refractivity contribution is 7.99. The molecule has 0 bridgehead atoms. The van der Waals surface area contributed by atoms with Crippen LogP contribution in [-0.2, 0) is 0 Å². The maximum absolute atomic E-state index is 12.7. The SMILES string of the molecule is COc1ccccc1C(NC(=O)N1CCSCC1)c1ccccn1. The van der Waals surface area contributed by atoms with E-state index in [1.165, 1.54) is 0 Å². The first-order valence-corrected chi connectivity index (χ1v) is 9.12. The van der Waals surface area contributed by atoms with E-state index in [1.54, 1.807) is 13.3 Å². The molecule has 2 heterocycles. The Balaban J connectivity index is 1.89. The van der Waals surface area contributed by atoms with E-state index in [0.717, 1.165) is 41.6 Å². The number of carbonyl (C=O) groups is 1. The third-order valence-corrected chi connectivity index (χ3v) is 4.94. The van der Waals surface area contributed by atoms with Gasteiger partial charge in [-0.3, -0.25) is 4.98 Å². The first-order valence-electron chi connectivity index (χ1n) is 7.96. The second-order valence-electron chi connectivity index (χ2n) is 5.48. The number of nitrogens with zero attached hydrogens (tertiary/aromatic N) is 2. The van der Waals surface area contributed by atoms with E-state index in [-0.39, 0.29) is 12.1 Å². The Hall–Kier alpha value is -2.21. The van der Waals surface area contributed by atoms with Crippen molar-refractivity contribution in [1.82, 2.24) is 15.2 Å². The van der Waals surface area contributed by atoms with Gasteiger partial charge in [0.05, 0.1) is 12.8 Å². The molecular formula is C18H21N3O2S. The van der Waals surface area contributed by atoms with E-state index < -0.39 is 0 Å². The number of aromatic nitrogens is 1.